The van der Waals surface area contributed by atoms with E-state index in [1.165, 1.54) is 12.1 Å². The fourth-order valence-electron chi connectivity index (χ4n) is 5.31. The van der Waals surface area contributed by atoms with Gasteiger partial charge in [-0.2, -0.15) is 9.97 Å². The molecule has 1 saturated heterocycles. The molecule has 1 aliphatic heterocycles. The number of hydrogen-bond acceptors (Lipinski definition) is 8. The lowest BCUT2D eigenvalue weighted by molar-refractivity contribution is 0.0559. The second kappa shape index (κ2) is 6.99. The molecule has 0 radical (unpaired) electrons. The quantitative estimate of drug-likeness (QED) is 0.413. The fourth-order valence-corrected chi connectivity index (χ4v) is 5.31. The molecule has 9 nitrogen and oxygen atoms in total. The molecule has 1 aromatic carbocycles. The number of aromatic amines is 1. The van der Waals surface area contributed by atoms with Gasteiger partial charge >= 0.3 is 6.01 Å². The average Bonchev–Trinajstić information content (AvgIpc) is 3.58. The molecule has 3 fully saturated rings. The number of ether oxygens (including phenoxy) is 1. The van der Waals surface area contributed by atoms with Gasteiger partial charge in [-0.3, -0.25) is 0 Å². The van der Waals surface area contributed by atoms with Crippen LogP contribution in [0.25, 0.3) is 21.9 Å². The van der Waals surface area contributed by atoms with Crippen molar-refractivity contribution in [1.82, 2.24) is 24.9 Å². The summed E-state index contributed by atoms with van der Waals surface area (Å²) in [6.45, 7) is 1.64. The zero-order valence-corrected chi connectivity index (χ0v) is 18.8. The van der Waals surface area contributed by atoms with Gasteiger partial charge in [0.15, 0.2) is 5.75 Å². The summed E-state index contributed by atoms with van der Waals surface area (Å²) in [5.41, 5.74) is 8.48. The van der Waals surface area contributed by atoms with E-state index in [1.807, 2.05) is 0 Å². The topological polar surface area (TPSA) is 118 Å². The maximum atomic E-state index is 14.5. The second-order valence-electron chi connectivity index (χ2n) is 9.82. The van der Waals surface area contributed by atoms with Crippen LogP contribution in [0.4, 0.5) is 15.9 Å². The number of hydrogen-bond donors (Lipinski definition) is 3. The van der Waals surface area contributed by atoms with Crippen LogP contribution in [0.15, 0.2) is 24.5 Å². The molecule has 0 unspecified atom stereocenters. The third-order valence-electron chi connectivity index (χ3n) is 7.61. The molecule has 1 atom stereocenters. The van der Waals surface area contributed by atoms with E-state index in [2.05, 4.69) is 30.2 Å². The van der Waals surface area contributed by atoms with Gasteiger partial charge < -0.3 is 25.7 Å². The van der Waals surface area contributed by atoms with Crippen LogP contribution in [-0.2, 0) is 0 Å². The summed E-state index contributed by atoms with van der Waals surface area (Å²) in [5, 5.41) is 4.57. The summed E-state index contributed by atoms with van der Waals surface area (Å²) in [5.74, 6) is 2.20. The van der Waals surface area contributed by atoms with Gasteiger partial charge in [0.2, 0.25) is 0 Å². The summed E-state index contributed by atoms with van der Waals surface area (Å²) < 4.78 is 20.4. The molecule has 1 spiro atoms. The molecule has 4 aromatic rings. The highest BCUT2D eigenvalue weighted by molar-refractivity contribution is 6.14. The Kier molecular flexibility index (Phi) is 4.09. The number of rotatable bonds is 5. The Bertz CT molecular complexity index is 1420. The lowest BCUT2D eigenvalue weighted by Crippen LogP contribution is -2.69. The van der Waals surface area contributed by atoms with Crippen molar-refractivity contribution in [2.75, 3.05) is 30.4 Å². The van der Waals surface area contributed by atoms with Crippen molar-refractivity contribution < 1.29 is 9.13 Å². The maximum Gasteiger partial charge on any atom is 0.326 e. The molecule has 7 rings (SSSR count). The van der Waals surface area contributed by atoms with E-state index in [0.29, 0.717) is 23.0 Å². The van der Waals surface area contributed by atoms with Gasteiger partial charge in [0.25, 0.3) is 0 Å². The van der Waals surface area contributed by atoms with Crippen LogP contribution in [0.3, 0.4) is 0 Å². The van der Waals surface area contributed by atoms with Gasteiger partial charge in [-0.15, -0.1) is 0 Å². The van der Waals surface area contributed by atoms with Gasteiger partial charge in [0.05, 0.1) is 29.0 Å². The van der Waals surface area contributed by atoms with E-state index in [1.54, 1.807) is 19.4 Å². The average molecular weight is 461 g/mol. The van der Waals surface area contributed by atoms with Crippen LogP contribution in [0, 0.1) is 11.2 Å². The van der Waals surface area contributed by atoms with Gasteiger partial charge in [-0.25, -0.2) is 14.4 Å². The standard InChI is InChI=1S/C24H25FN8O/c1-27-16-7-13(25)6-15-18-21(30-19(15)16)31-23(34-14-8-28-20(29-9-14)12-2-3-12)32-22(18)33-10-24(11-33)5-4-17(24)26/h6-9,12,17,27H,2-5,10-11,26H2,1H3,(H,30,31,32)/t17-/m1/s1. The Morgan fingerprint density at radius 2 is 1.97 bits per heavy atom. The molecular weight excluding hydrogens is 435 g/mol. The van der Waals surface area contributed by atoms with Gasteiger partial charge in [-0.05, 0) is 37.8 Å². The number of nitrogens with one attached hydrogen (secondary N) is 2. The Labute approximate surface area is 195 Å². The number of fused-ring (bicyclic) bond motifs is 3. The molecule has 3 aliphatic rings. The first-order valence-corrected chi connectivity index (χ1v) is 11.7. The van der Waals surface area contributed by atoms with Crippen LogP contribution in [0.1, 0.15) is 37.4 Å². The largest absolute Gasteiger partial charge is 0.421 e. The van der Waals surface area contributed by atoms with Crippen molar-refractivity contribution in [2.24, 2.45) is 11.1 Å². The Morgan fingerprint density at radius 1 is 1.18 bits per heavy atom. The Morgan fingerprint density at radius 3 is 2.62 bits per heavy atom. The molecule has 0 amide bonds. The molecule has 10 heteroatoms. The minimum atomic E-state index is -0.321. The third kappa shape index (κ3) is 2.94. The van der Waals surface area contributed by atoms with Crippen LogP contribution >= 0.6 is 0 Å². The molecule has 34 heavy (non-hydrogen) atoms. The second-order valence-corrected chi connectivity index (χ2v) is 9.82. The number of anilines is 2. The SMILES string of the molecule is CNc1cc(F)cc2c1[nH]c1nc(Oc3cnc(C4CC4)nc3)nc(N3CC4(CC[C@H]4N)C3)c12. The molecule has 3 aromatic heterocycles. The predicted molar refractivity (Wildman–Crippen MR) is 127 cm³/mol. The highest BCUT2D eigenvalue weighted by atomic mass is 19.1. The van der Waals surface area contributed by atoms with E-state index in [9.17, 15) is 4.39 Å². The first-order valence-electron chi connectivity index (χ1n) is 11.7. The van der Waals surface area contributed by atoms with E-state index in [0.717, 1.165) is 66.7 Å². The minimum absolute atomic E-state index is 0.151. The fraction of sp³-hybridized carbons (Fsp3) is 0.417. The van der Waals surface area contributed by atoms with Crippen LogP contribution in [-0.4, -0.2) is 51.1 Å². The van der Waals surface area contributed by atoms with Crippen molar-refractivity contribution in [3.63, 3.8) is 0 Å². The van der Waals surface area contributed by atoms with Crippen molar-refractivity contribution in [1.29, 1.82) is 0 Å². The zero-order valence-electron chi connectivity index (χ0n) is 18.8. The monoisotopic (exact) mass is 460 g/mol. The van der Waals surface area contributed by atoms with Crippen molar-refractivity contribution in [3.05, 3.63) is 36.2 Å². The number of benzene rings is 1. The molecule has 2 aliphatic carbocycles. The van der Waals surface area contributed by atoms with Gasteiger partial charge in [-0.1, -0.05) is 0 Å². The molecular formula is C24H25FN8O. The van der Waals surface area contributed by atoms with E-state index in [-0.39, 0.29) is 23.3 Å². The number of nitrogens with zero attached hydrogens (tertiary/aromatic N) is 5. The summed E-state index contributed by atoms with van der Waals surface area (Å²) in [7, 11) is 1.77. The van der Waals surface area contributed by atoms with Gasteiger partial charge in [0, 0.05) is 42.9 Å². The molecule has 4 heterocycles. The summed E-state index contributed by atoms with van der Waals surface area (Å²) in [6, 6.07) is 3.40. The van der Waals surface area contributed by atoms with Crippen LogP contribution in [0.2, 0.25) is 0 Å². The first-order chi connectivity index (χ1) is 16.5. The lowest BCUT2D eigenvalue weighted by atomic mass is 9.60. The van der Waals surface area contributed by atoms with Crippen LogP contribution in [0.5, 0.6) is 11.8 Å². The molecule has 174 valence electrons. The molecule has 0 bridgehead atoms. The van der Waals surface area contributed by atoms with Crippen molar-refractivity contribution in [3.8, 4) is 11.8 Å². The van der Waals surface area contributed by atoms with Crippen LogP contribution < -0.4 is 20.7 Å². The minimum Gasteiger partial charge on any atom is -0.421 e. The van der Waals surface area contributed by atoms with Gasteiger partial charge in [0.1, 0.15) is 23.1 Å². The summed E-state index contributed by atoms with van der Waals surface area (Å²) in [6.07, 6.45) is 7.79. The molecule has 4 N–H and O–H groups in total. The van der Waals surface area contributed by atoms with Crippen molar-refractivity contribution in [2.45, 2.75) is 37.6 Å². The normalized spacial score (nSPS) is 21.0. The molecule has 2 saturated carbocycles. The first kappa shape index (κ1) is 19.9. The smallest absolute Gasteiger partial charge is 0.326 e. The number of nitrogens with two attached hydrogens (primary N) is 1. The number of H-pyrrole nitrogens is 1. The Balaban J connectivity index is 1.33. The zero-order chi connectivity index (χ0) is 23.0. The number of aromatic nitrogens is 5. The highest BCUT2D eigenvalue weighted by Gasteiger charge is 2.54. The van der Waals surface area contributed by atoms with E-state index < -0.39 is 0 Å². The van der Waals surface area contributed by atoms with E-state index >= 15 is 0 Å². The van der Waals surface area contributed by atoms with E-state index in [4.69, 9.17) is 15.5 Å². The summed E-state index contributed by atoms with van der Waals surface area (Å²) in [4.78, 5) is 23.8. The Hall–Kier alpha value is -3.53. The van der Waals surface area contributed by atoms with Crippen molar-refractivity contribution >= 4 is 33.4 Å². The lowest BCUT2D eigenvalue weighted by Gasteiger charge is -2.60. The highest BCUT2D eigenvalue weighted by Crippen LogP contribution is 2.50. The third-order valence-corrected chi connectivity index (χ3v) is 7.61. The maximum absolute atomic E-state index is 14.5. The summed E-state index contributed by atoms with van der Waals surface area (Å²) >= 11 is 0. The number of halogens is 1. The predicted octanol–water partition coefficient (Wildman–Crippen LogP) is 3.68.